The van der Waals surface area contributed by atoms with Gasteiger partial charge < -0.3 is 24.6 Å². The zero-order chi connectivity index (χ0) is 18.0. The third-order valence-corrected chi connectivity index (χ3v) is 5.86. The van der Waals surface area contributed by atoms with Crippen LogP contribution in [0.4, 0.5) is 4.39 Å². The number of guanidine groups is 1. The molecular formula is C13H19FN5O5P. The van der Waals surface area contributed by atoms with Gasteiger partial charge in [0.25, 0.3) is 0 Å². The summed E-state index contributed by atoms with van der Waals surface area (Å²) in [6.45, 7) is 2.65. The predicted molar refractivity (Wildman–Crippen MR) is 86.5 cm³/mol. The molecular weight excluding hydrogens is 356 g/mol. The molecule has 0 amide bonds. The van der Waals surface area contributed by atoms with Gasteiger partial charge in [-0.05, 0) is 6.92 Å². The molecule has 0 radical (unpaired) electrons. The van der Waals surface area contributed by atoms with Gasteiger partial charge in [0, 0.05) is 6.66 Å². The number of halogens is 1. The lowest BCUT2D eigenvalue weighted by Crippen LogP contribution is -2.55. The average Bonchev–Trinajstić information content (AvgIpc) is 3.05. The van der Waals surface area contributed by atoms with E-state index in [9.17, 15) is 4.57 Å². The van der Waals surface area contributed by atoms with E-state index in [0.29, 0.717) is 5.90 Å². The molecule has 4 heterocycles. The van der Waals surface area contributed by atoms with E-state index < -0.39 is 43.9 Å². The number of aliphatic imine (C=N–C) groups is 3. The van der Waals surface area contributed by atoms with Crippen LogP contribution < -0.4 is 5.73 Å². The summed E-state index contributed by atoms with van der Waals surface area (Å²) in [4.78, 5) is 14.0. The van der Waals surface area contributed by atoms with Crippen molar-refractivity contribution >= 4 is 25.8 Å². The van der Waals surface area contributed by atoms with Crippen molar-refractivity contribution in [2.75, 3.05) is 20.4 Å². The third kappa shape index (κ3) is 2.57. The van der Waals surface area contributed by atoms with E-state index in [1.54, 1.807) is 0 Å². The molecule has 4 aliphatic rings. The second-order valence-electron chi connectivity index (χ2n) is 6.48. The average molecular weight is 375 g/mol. The molecule has 0 saturated carbocycles. The molecule has 7 atom stereocenters. The van der Waals surface area contributed by atoms with Gasteiger partial charge in [0.05, 0.1) is 20.1 Å². The smallest absolute Gasteiger partial charge is 0.328 e. The number of hydrogen-bond donors (Lipinski definition) is 1. The van der Waals surface area contributed by atoms with Crippen LogP contribution in [0, 0.1) is 0 Å². The van der Waals surface area contributed by atoms with Crippen molar-refractivity contribution in [3.63, 3.8) is 0 Å². The van der Waals surface area contributed by atoms with Crippen molar-refractivity contribution in [1.29, 1.82) is 0 Å². The molecule has 3 unspecified atom stereocenters. The SMILES string of the molecule is COC1=NC(N)=NC2C1N=CN2C1O[C@@H]2CO[P@](C)(=O)O[C@H]2[C@@]1(C)F. The van der Waals surface area contributed by atoms with Gasteiger partial charge in [0.15, 0.2) is 24.1 Å². The lowest BCUT2D eigenvalue weighted by molar-refractivity contribution is -0.0849. The summed E-state index contributed by atoms with van der Waals surface area (Å²) < 4.78 is 49.1. The normalized spacial score (nSPS) is 48.6. The van der Waals surface area contributed by atoms with E-state index in [1.165, 1.54) is 31.9 Å². The first-order valence-electron chi connectivity index (χ1n) is 7.74. The van der Waals surface area contributed by atoms with Crippen LogP contribution >= 0.6 is 7.60 Å². The van der Waals surface area contributed by atoms with Gasteiger partial charge in [0.1, 0.15) is 12.2 Å². The largest absolute Gasteiger partial charge is 0.482 e. The molecule has 25 heavy (non-hydrogen) atoms. The van der Waals surface area contributed by atoms with Gasteiger partial charge in [-0.15, -0.1) is 0 Å². The Hall–Kier alpha value is -1.55. The maximum Gasteiger partial charge on any atom is 0.328 e. The Labute approximate surface area is 143 Å². The summed E-state index contributed by atoms with van der Waals surface area (Å²) >= 11 is 0. The number of fused-ring (bicyclic) bond motifs is 2. The number of ether oxygens (including phenoxy) is 2. The summed E-state index contributed by atoms with van der Waals surface area (Å²) in [5.41, 5.74) is 3.76. The first-order chi connectivity index (χ1) is 11.7. The van der Waals surface area contributed by atoms with Gasteiger partial charge in [-0.2, -0.15) is 4.99 Å². The van der Waals surface area contributed by atoms with Crippen LogP contribution in [-0.4, -0.2) is 79.8 Å². The van der Waals surface area contributed by atoms with E-state index in [-0.39, 0.29) is 12.6 Å². The Morgan fingerprint density at radius 1 is 1.56 bits per heavy atom. The van der Waals surface area contributed by atoms with Gasteiger partial charge in [0.2, 0.25) is 11.9 Å². The highest BCUT2D eigenvalue weighted by molar-refractivity contribution is 7.53. The molecule has 0 aliphatic carbocycles. The van der Waals surface area contributed by atoms with Crippen LogP contribution in [0.5, 0.6) is 0 Å². The van der Waals surface area contributed by atoms with E-state index in [0.717, 1.165) is 0 Å². The second kappa shape index (κ2) is 5.47. The fraction of sp³-hybridized carbons (Fsp3) is 0.769. The van der Waals surface area contributed by atoms with Crippen molar-refractivity contribution in [3.05, 3.63) is 0 Å². The second-order valence-corrected chi connectivity index (χ2v) is 8.49. The van der Waals surface area contributed by atoms with E-state index >= 15 is 4.39 Å². The molecule has 10 nitrogen and oxygen atoms in total. The zero-order valence-electron chi connectivity index (χ0n) is 13.9. The Morgan fingerprint density at radius 3 is 3.04 bits per heavy atom. The van der Waals surface area contributed by atoms with Crippen LogP contribution in [0.25, 0.3) is 0 Å². The topological polar surface area (TPSA) is 120 Å². The van der Waals surface area contributed by atoms with Gasteiger partial charge in [-0.25, -0.2) is 9.38 Å². The number of alkyl halides is 1. The van der Waals surface area contributed by atoms with Gasteiger partial charge in [-0.1, -0.05) is 0 Å². The highest BCUT2D eigenvalue weighted by Crippen LogP contribution is 2.55. The summed E-state index contributed by atoms with van der Waals surface area (Å²) in [7, 11) is -1.85. The number of nitrogens with two attached hydrogens (primary N) is 1. The molecule has 4 aliphatic heterocycles. The first-order valence-corrected chi connectivity index (χ1v) is 9.73. The minimum Gasteiger partial charge on any atom is -0.482 e. The Bertz CT molecular complexity index is 728. The summed E-state index contributed by atoms with van der Waals surface area (Å²) in [5.74, 6) is 0.312. The van der Waals surface area contributed by atoms with Crippen molar-refractivity contribution in [2.24, 2.45) is 20.7 Å². The van der Waals surface area contributed by atoms with Crippen molar-refractivity contribution in [1.82, 2.24) is 4.90 Å². The Kier molecular flexibility index (Phi) is 3.70. The van der Waals surface area contributed by atoms with E-state index in [4.69, 9.17) is 24.3 Å². The summed E-state index contributed by atoms with van der Waals surface area (Å²) in [5, 5.41) is 0. The molecule has 0 aromatic heterocycles. The zero-order valence-corrected chi connectivity index (χ0v) is 14.8. The van der Waals surface area contributed by atoms with Crippen molar-refractivity contribution < 1.29 is 27.5 Å². The van der Waals surface area contributed by atoms with Crippen LogP contribution in [0.15, 0.2) is 15.0 Å². The molecule has 138 valence electrons. The number of nitrogens with zero attached hydrogens (tertiary/aromatic N) is 4. The number of rotatable bonds is 1. The Balaban J connectivity index is 1.62. The highest BCUT2D eigenvalue weighted by Gasteiger charge is 2.62. The Morgan fingerprint density at radius 2 is 2.32 bits per heavy atom. The maximum absolute atomic E-state index is 15.6. The minimum atomic E-state index is -3.31. The molecule has 0 aromatic rings. The molecule has 12 heteroatoms. The molecule has 0 aromatic carbocycles. The molecule has 4 rings (SSSR count). The highest BCUT2D eigenvalue weighted by atomic mass is 31.2. The number of hydrogen-bond acceptors (Lipinski definition) is 10. The predicted octanol–water partition coefficient (Wildman–Crippen LogP) is 0.0896. The molecule has 2 saturated heterocycles. The minimum absolute atomic E-state index is 0.0102. The fourth-order valence-corrected chi connectivity index (χ4v) is 4.71. The van der Waals surface area contributed by atoms with E-state index in [1.807, 2.05) is 0 Å². The third-order valence-electron chi connectivity index (χ3n) is 4.63. The summed E-state index contributed by atoms with van der Waals surface area (Å²) in [6.07, 6.45) is -1.96. The molecule has 0 bridgehead atoms. The van der Waals surface area contributed by atoms with Crippen LogP contribution in [0.3, 0.4) is 0 Å². The van der Waals surface area contributed by atoms with Crippen molar-refractivity contribution in [2.45, 2.75) is 43.2 Å². The molecule has 0 spiro atoms. The maximum atomic E-state index is 15.6. The lowest BCUT2D eigenvalue weighted by Gasteiger charge is -2.36. The van der Waals surface area contributed by atoms with Crippen molar-refractivity contribution in [3.8, 4) is 0 Å². The van der Waals surface area contributed by atoms with Gasteiger partial charge >= 0.3 is 7.60 Å². The monoisotopic (exact) mass is 375 g/mol. The standard InChI is InChI=1S/C13H19FN5O5P/c1-13(14)8-6(4-22-25(3,20)24-8)23-11(13)19-5-16-7-9(19)17-12(15)18-10(7)21-2/h5-9,11H,4H2,1-3H3,(H2,15,17)/t6-,7?,8-,9?,11?,13-,25+/m1/s1. The summed E-state index contributed by atoms with van der Waals surface area (Å²) in [6, 6.07) is -0.534. The molecule has 2 fully saturated rings. The van der Waals surface area contributed by atoms with E-state index in [2.05, 4.69) is 15.0 Å². The quantitative estimate of drug-likeness (QED) is 0.645. The molecule has 2 N–H and O–H groups in total. The first kappa shape index (κ1) is 16.9. The number of methoxy groups -OCH3 is 1. The van der Waals surface area contributed by atoms with Crippen LogP contribution in [-0.2, 0) is 23.1 Å². The van der Waals surface area contributed by atoms with Crippen LogP contribution in [0.1, 0.15) is 6.92 Å². The van der Waals surface area contributed by atoms with Crippen LogP contribution in [0.2, 0.25) is 0 Å². The van der Waals surface area contributed by atoms with Gasteiger partial charge in [-0.3, -0.25) is 14.1 Å². The lowest BCUT2D eigenvalue weighted by atomic mass is 9.97. The fourth-order valence-electron chi connectivity index (χ4n) is 3.47.